The molecule has 0 spiro atoms. The van der Waals surface area contributed by atoms with Crippen LogP contribution in [0.3, 0.4) is 0 Å². The topological polar surface area (TPSA) is 58.0 Å². The molecule has 12 heavy (non-hydrogen) atoms. The summed E-state index contributed by atoms with van der Waals surface area (Å²) < 4.78 is 1.52. The van der Waals surface area contributed by atoms with E-state index in [9.17, 15) is 4.79 Å². The normalized spacial score (nSPS) is 15.9. The second-order valence-electron chi connectivity index (χ2n) is 3.14. The van der Waals surface area contributed by atoms with Crippen LogP contribution in [0.4, 0.5) is 0 Å². The third-order valence-corrected chi connectivity index (χ3v) is 2.33. The lowest BCUT2D eigenvalue weighted by molar-refractivity contribution is 0.140. The first-order valence-corrected chi connectivity index (χ1v) is 4.01. The summed E-state index contributed by atoms with van der Waals surface area (Å²) in [5, 5.41) is 9.11. The van der Waals surface area contributed by atoms with E-state index in [0.717, 1.165) is 6.42 Å². The number of aliphatic hydroxyl groups is 1. The zero-order chi connectivity index (χ0) is 9.19. The van der Waals surface area contributed by atoms with Gasteiger partial charge in [-0.05, 0) is 13.3 Å². The van der Waals surface area contributed by atoms with Gasteiger partial charge in [-0.25, -0.2) is 4.79 Å². The Hall–Kier alpha value is -1.03. The summed E-state index contributed by atoms with van der Waals surface area (Å²) in [6.45, 7) is 3.76. The highest BCUT2D eigenvalue weighted by molar-refractivity contribution is 4.88. The molecule has 0 aliphatic carbocycles. The van der Waals surface area contributed by atoms with Gasteiger partial charge in [0.05, 0.1) is 12.1 Å². The number of aliphatic hydroxyl groups excluding tert-OH is 1. The molecule has 0 saturated heterocycles. The SMILES string of the molecule is CCC(C)(CO)n1cc[nH]c1=O. The molecule has 0 fully saturated rings. The highest BCUT2D eigenvalue weighted by Gasteiger charge is 2.24. The molecule has 1 heterocycles. The first-order valence-electron chi connectivity index (χ1n) is 4.01. The lowest BCUT2D eigenvalue weighted by Gasteiger charge is -2.26. The van der Waals surface area contributed by atoms with Crippen LogP contribution in [0.25, 0.3) is 0 Å². The van der Waals surface area contributed by atoms with Crippen molar-refractivity contribution in [1.82, 2.24) is 9.55 Å². The fraction of sp³-hybridized carbons (Fsp3) is 0.625. The molecule has 1 unspecified atom stereocenters. The van der Waals surface area contributed by atoms with Crippen molar-refractivity contribution in [2.75, 3.05) is 6.61 Å². The number of rotatable bonds is 3. The van der Waals surface area contributed by atoms with E-state index < -0.39 is 5.54 Å². The van der Waals surface area contributed by atoms with E-state index in [-0.39, 0.29) is 12.3 Å². The highest BCUT2D eigenvalue weighted by atomic mass is 16.3. The Kier molecular flexibility index (Phi) is 2.38. The fourth-order valence-corrected chi connectivity index (χ4v) is 1.10. The number of nitrogens with one attached hydrogen (secondary N) is 1. The van der Waals surface area contributed by atoms with E-state index in [2.05, 4.69) is 4.98 Å². The van der Waals surface area contributed by atoms with Gasteiger partial charge < -0.3 is 10.1 Å². The Labute approximate surface area is 70.9 Å². The van der Waals surface area contributed by atoms with Gasteiger partial charge in [-0.2, -0.15) is 0 Å². The van der Waals surface area contributed by atoms with E-state index in [1.807, 2.05) is 13.8 Å². The van der Waals surface area contributed by atoms with Gasteiger partial charge in [-0.3, -0.25) is 4.57 Å². The van der Waals surface area contributed by atoms with Gasteiger partial charge in [0.15, 0.2) is 0 Å². The first kappa shape index (κ1) is 9.06. The predicted octanol–water partition coefficient (Wildman–Crippen LogP) is 0.294. The minimum absolute atomic E-state index is 0.0265. The summed E-state index contributed by atoms with van der Waals surface area (Å²) in [6.07, 6.45) is 3.95. The largest absolute Gasteiger partial charge is 0.394 e. The van der Waals surface area contributed by atoms with Gasteiger partial charge in [-0.1, -0.05) is 6.92 Å². The quantitative estimate of drug-likeness (QED) is 0.685. The molecular weight excluding hydrogens is 156 g/mol. The smallest absolute Gasteiger partial charge is 0.326 e. The molecular formula is C8H14N2O2. The third-order valence-electron chi connectivity index (χ3n) is 2.33. The van der Waals surface area contributed by atoms with Crippen LogP contribution in [-0.4, -0.2) is 21.3 Å². The van der Waals surface area contributed by atoms with Crippen LogP contribution in [0.2, 0.25) is 0 Å². The van der Waals surface area contributed by atoms with Gasteiger partial charge in [-0.15, -0.1) is 0 Å². The number of hydrogen-bond acceptors (Lipinski definition) is 2. The van der Waals surface area contributed by atoms with Crippen LogP contribution in [0.5, 0.6) is 0 Å². The van der Waals surface area contributed by atoms with E-state index in [0.29, 0.717) is 0 Å². The van der Waals surface area contributed by atoms with Crippen molar-refractivity contribution in [2.45, 2.75) is 25.8 Å². The number of nitrogens with zero attached hydrogens (tertiary/aromatic N) is 1. The van der Waals surface area contributed by atoms with Gasteiger partial charge in [0.1, 0.15) is 0 Å². The molecule has 0 aliphatic heterocycles. The minimum Gasteiger partial charge on any atom is -0.394 e. The minimum atomic E-state index is -0.475. The fourth-order valence-electron chi connectivity index (χ4n) is 1.10. The van der Waals surface area contributed by atoms with Crippen molar-refractivity contribution in [3.05, 3.63) is 22.9 Å². The summed E-state index contributed by atoms with van der Waals surface area (Å²) in [7, 11) is 0. The van der Waals surface area contributed by atoms with E-state index >= 15 is 0 Å². The molecule has 0 saturated carbocycles. The number of hydrogen-bond donors (Lipinski definition) is 2. The Morgan fingerprint density at radius 3 is 2.75 bits per heavy atom. The van der Waals surface area contributed by atoms with Gasteiger partial charge in [0, 0.05) is 12.4 Å². The van der Waals surface area contributed by atoms with Crippen molar-refractivity contribution in [3.63, 3.8) is 0 Å². The zero-order valence-electron chi connectivity index (χ0n) is 7.37. The van der Waals surface area contributed by atoms with E-state index in [1.54, 1.807) is 12.4 Å². The zero-order valence-corrected chi connectivity index (χ0v) is 7.37. The average molecular weight is 170 g/mol. The monoisotopic (exact) mass is 170 g/mol. The Balaban J connectivity index is 3.11. The van der Waals surface area contributed by atoms with Crippen LogP contribution >= 0.6 is 0 Å². The maximum absolute atomic E-state index is 11.2. The molecule has 0 aliphatic rings. The summed E-state index contributed by atoms with van der Waals surface area (Å²) in [6, 6.07) is 0. The third kappa shape index (κ3) is 1.30. The first-order chi connectivity index (χ1) is 5.64. The summed E-state index contributed by atoms with van der Waals surface area (Å²) in [5.74, 6) is 0. The van der Waals surface area contributed by atoms with Crippen molar-refractivity contribution in [1.29, 1.82) is 0 Å². The Morgan fingerprint density at radius 1 is 1.75 bits per heavy atom. The Bertz CT molecular complexity index is 296. The molecule has 2 N–H and O–H groups in total. The lowest BCUT2D eigenvalue weighted by atomic mass is 10.0. The summed E-state index contributed by atoms with van der Waals surface area (Å²) in [4.78, 5) is 13.7. The van der Waals surface area contributed by atoms with Crippen molar-refractivity contribution in [2.24, 2.45) is 0 Å². The van der Waals surface area contributed by atoms with Crippen molar-refractivity contribution < 1.29 is 5.11 Å². The van der Waals surface area contributed by atoms with E-state index in [1.165, 1.54) is 4.57 Å². The average Bonchev–Trinajstić information content (AvgIpc) is 2.51. The van der Waals surface area contributed by atoms with Crippen LogP contribution in [0.15, 0.2) is 17.2 Å². The number of aromatic amines is 1. The highest BCUT2D eigenvalue weighted by Crippen LogP contribution is 2.16. The molecule has 4 nitrogen and oxygen atoms in total. The van der Waals surface area contributed by atoms with Gasteiger partial charge in [0.2, 0.25) is 0 Å². The molecule has 1 aromatic heterocycles. The van der Waals surface area contributed by atoms with Crippen molar-refractivity contribution >= 4 is 0 Å². The second kappa shape index (κ2) is 3.15. The molecule has 1 rings (SSSR count). The van der Waals surface area contributed by atoms with Crippen LogP contribution in [-0.2, 0) is 5.54 Å². The molecule has 1 atom stereocenters. The van der Waals surface area contributed by atoms with Gasteiger partial charge in [0.25, 0.3) is 0 Å². The van der Waals surface area contributed by atoms with Crippen LogP contribution in [0.1, 0.15) is 20.3 Å². The second-order valence-corrected chi connectivity index (χ2v) is 3.14. The maximum Gasteiger partial charge on any atom is 0.326 e. The standard InChI is InChI=1S/C8H14N2O2/c1-3-8(2,6-11)10-5-4-9-7(10)12/h4-5,11H,3,6H2,1-2H3,(H,9,12). The molecule has 4 heteroatoms. The molecule has 0 radical (unpaired) electrons. The van der Waals surface area contributed by atoms with Crippen LogP contribution < -0.4 is 5.69 Å². The van der Waals surface area contributed by atoms with Gasteiger partial charge >= 0.3 is 5.69 Å². The van der Waals surface area contributed by atoms with E-state index in [4.69, 9.17) is 5.11 Å². The van der Waals surface area contributed by atoms with Crippen LogP contribution in [0, 0.1) is 0 Å². The number of aromatic nitrogens is 2. The molecule has 0 bridgehead atoms. The summed E-state index contributed by atoms with van der Waals surface area (Å²) >= 11 is 0. The lowest BCUT2D eigenvalue weighted by Crippen LogP contribution is -2.39. The Morgan fingerprint density at radius 2 is 2.42 bits per heavy atom. The molecule has 0 aromatic carbocycles. The maximum atomic E-state index is 11.2. The number of H-pyrrole nitrogens is 1. The molecule has 1 aromatic rings. The number of imidazole rings is 1. The molecule has 0 amide bonds. The summed E-state index contributed by atoms with van der Waals surface area (Å²) in [5.41, 5.74) is -0.648. The predicted molar refractivity (Wildman–Crippen MR) is 46.1 cm³/mol. The van der Waals surface area contributed by atoms with Crippen molar-refractivity contribution in [3.8, 4) is 0 Å². The molecule has 68 valence electrons.